The van der Waals surface area contributed by atoms with Crippen molar-refractivity contribution in [1.82, 2.24) is 10.2 Å². The molecular formula is C6H17N3Na2O7P2+2. The summed E-state index contributed by atoms with van der Waals surface area (Å²) in [4.78, 5) is 68.5. The van der Waals surface area contributed by atoms with Crippen LogP contribution in [0, 0.1) is 0 Å². The minimum absolute atomic E-state index is 0. The molecule has 0 rings (SSSR count). The van der Waals surface area contributed by atoms with Crippen molar-refractivity contribution in [2.24, 2.45) is 5.73 Å². The molecule has 0 bridgehead atoms. The molecule has 20 heavy (non-hydrogen) atoms. The van der Waals surface area contributed by atoms with Gasteiger partial charge in [0, 0.05) is 13.1 Å². The summed E-state index contributed by atoms with van der Waals surface area (Å²) < 4.78 is 0. The molecule has 0 aliphatic carbocycles. The summed E-state index contributed by atoms with van der Waals surface area (Å²) in [6.45, 7) is -0.183. The molecule has 0 aromatic heterocycles. The molecule has 0 saturated carbocycles. The first kappa shape index (κ1) is 26.9. The number of carbonyl (C=O) groups excluding carboxylic acids is 1. The summed E-state index contributed by atoms with van der Waals surface area (Å²) in [5.74, 6) is -0.623. The van der Waals surface area contributed by atoms with E-state index in [4.69, 9.17) is 25.3 Å². The summed E-state index contributed by atoms with van der Waals surface area (Å²) >= 11 is 0. The van der Waals surface area contributed by atoms with Gasteiger partial charge in [-0.25, -0.2) is 24.5 Å². The summed E-state index contributed by atoms with van der Waals surface area (Å²) in [5.41, 5.74) is 5.13. The number of nitrogens with one attached hydrogen (secondary N) is 1. The van der Waals surface area contributed by atoms with E-state index in [9.17, 15) is 14.6 Å². The van der Waals surface area contributed by atoms with Gasteiger partial charge in [-0.3, -0.25) is 4.79 Å². The molecule has 14 heteroatoms. The topological polar surface area (TPSA) is 185 Å². The van der Waals surface area contributed by atoms with Crippen molar-refractivity contribution >= 4 is 21.8 Å². The number of hydrogen-bond acceptors (Lipinski definition) is 9. The molecule has 0 aromatic rings. The van der Waals surface area contributed by atoms with Crippen LogP contribution in [0.25, 0.3) is 0 Å². The van der Waals surface area contributed by atoms with Crippen molar-refractivity contribution in [3.05, 3.63) is 0 Å². The summed E-state index contributed by atoms with van der Waals surface area (Å²) in [7, 11) is -9.02. The number of nitrogens with two attached hydrogens (primary N) is 1. The van der Waals surface area contributed by atoms with Crippen LogP contribution in [0.15, 0.2) is 0 Å². The van der Waals surface area contributed by atoms with E-state index in [0.717, 1.165) is 0 Å². The van der Waals surface area contributed by atoms with E-state index in [2.05, 4.69) is 5.32 Å². The molecule has 0 aromatic carbocycles. The van der Waals surface area contributed by atoms with Gasteiger partial charge in [-0.15, -0.1) is 0 Å². The number of hydrogen-bond donors (Lipinski definition) is 6. The fraction of sp³-hybridized carbons (Fsp3) is 0.833. The van der Waals surface area contributed by atoms with Crippen LogP contribution in [0.5, 0.6) is 0 Å². The SMILES string of the molecule is NCCNC(=O)CN(C[P+]([O-])(O)O)C[P+]([O-])(O)O.[Na+].[Na+]. The Morgan fingerprint density at radius 3 is 1.80 bits per heavy atom. The van der Waals surface area contributed by atoms with Crippen molar-refractivity contribution in [3.63, 3.8) is 0 Å². The van der Waals surface area contributed by atoms with Crippen molar-refractivity contribution in [1.29, 1.82) is 0 Å². The normalized spacial score (nSPS) is 11.6. The molecule has 0 radical (unpaired) electrons. The van der Waals surface area contributed by atoms with Gasteiger partial charge in [0.25, 0.3) is 0 Å². The second kappa shape index (κ2) is 12.4. The molecule has 0 saturated heterocycles. The Labute approximate surface area is 162 Å². The Bertz CT molecular complexity index is 260. The Kier molecular flexibility index (Phi) is 16.7. The molecule has 108 valence electrons. The molecule has 0 aliphatic heterocycles. The van der Waals surface area contributed by atoms with Crippen LogP contribution in [-0.4, -0.2) is 62.6 Å². The van der Waals surface area contributed by atoms with Crippen molar-refractivity contribution in [3.8, 4) is 0 Å². The maximum absolute atomic E-state index is 11.3. The van der Waals surface area contributed by atoms with Crippen molar-refractivity contribution < 1.29 is 93.3 Å². The number of carbonyl (C=O) groups is 1. The summed E-state index contributed by atoms with van der Waals surface area (Å²) in [6.07, 6.45) is -1.82. The van der Waals surface area contributed by atoms with Crippen molar-refractivity contribution in [2.45, 2.75) is 0 Å². The molecule has 0 aliphatic rings. The van der Waals surface area contributed by atoms with Gasteiger partial charge in [-0.05, 0) is 0 Å². The molecule has 0 fully saturated rings. The van der Waals surface area contributed by atoms with Gasteiger partial charge in [0.2, 0.25) is 21.8 Å². The summed E-state index contributed by atoms with van der Waals surface area (Å²) in [6, 6.07) is 0. The zero-order chi connectivity index (χ0) is 14.4. The minimum Gasteiger partial charge on any atom is -0.631 e. The van der Waals surface area contributed by atoms with Gasteiger partial charge >= 0.3 is 59.1 Å². The van der Waals surface area contributed by atoms with Crippen LogP contribution in [0.1, 0.15) is 0 Å². The molecule has 0 atom stereocenters. The smallest absolute Gasteiger partial charge is 0.631 e. The van der Waals surface area contributed by atoms with Gasteiger partial charge in [0.15, 0.2) is 12.6 Å². The molecule has 7 N–H and O–H groups in total. The third-order valence-corrected chi connectivity index (χ3v) is 3.14. The predicted octanol–water partition coefficient (Wildman–Crippen LogP) is -10.5. The molecule has 0 unspecified atom stereocenters. The Hall–Kier alpha value is 2.01. The minimum atomic E-state index is -4.51. The Morgan fingerprint density at radius 2 is 1.50 bits per heavy atom. The fourth-order valence-electron chi connectivity index (χ4n) is 1.14. The van der Waals surface area contributed by atoms with Gasteiger partial charge in [-0.2, -0.15) is 0 Å². The standard InChI is InChI=1S/C6H17N3O7P2.2Na/c7-1-2-8-6(10)3-9(4-17(11,12)13)5-18(14,15)16;;/h1-5,7H2,(H,8,10)(H2,11,12,13)(H2,14,15,16);;/q;2*+1. The third-order valence-electron chi connectivity index (χ3n) is 1.60. The molecule has 0 spiro atoms. The first-order valence-electron chi connectivity index (χ1n) is 4.82. The van der Waals surface area contributed by atoms with E-state index in [0.29, 0.717) is 4.90 Å². The number of nitrogens with zero attached hydrogens (tertiary/aromatic N) is 1. The van der Waals surface area contributed by atoms with Crippen LogP contribution < -0.4 is 80.0 Å². The van der Waals surface area contributed by atoms with E-state index in [-0.39, 0.29) is 72.2 Å². The molecule has 1 amide bonds. The second-order valence-corrected chi connectivity index (χ2v) is 6.80. The van der Waals surface area contributed by atoms with Crippen LogP contribution >= 0.6 is 15.9 Å². The average molecular weight is 351 g/mol. The van der Waals surface area contributed by atoms with Gasteiger partial charge in [-0.1, -0.05) is 0 Å². The van der Waals surface area contributed by atoms with Gasteiger partial charge < -0.3 is 20.8 Å². The van der Waals surface area contributed by atoms with Crippen LogP contribution in [0.4, 0.5) is 0 Å². The largest absolute Gasteiger partial charge is 1.00 e. The van der Waals surface area contributed by atoms with Crippen LogP contribution in [0.3, 0.4) is 0 Å². The van der Waals surface area contributed by atoms with Crippen LogP contribution in [0.2, 0.25) is 0 Å². The first-order chi connectivity index (χ1) is 8.03. The van der Waals surface area contributed by atoms with E-state index < -0.39 is 40.9 Å². The number of amides is 1. The second-order valence-electron chi connectivity index (χ2n) is 3.58. The quantitative estimate of drug-likeness (QED) is 0.182. The summed E-state index contributed by atoms with van der Waals surface area (Å²) in [5, 5.41) is 2.32. The third kappa shape index (κ3) is 18.1. The van der Waals surface area contributed by atoms with Crippen LogP contribution in [-0.2, 0) is 4.79 Å². The monoisotopic (exact) mass is 351 g/mol. The first-order valence-corrected chi connectivity index (χ1v) is 8.41. The maximum atomic E-state index is 11.3. The average Bonchev–Trinajstić information content (AvgIpc) is 2.08. The Morgan fingerprint density at radius 1 is 1.10 bits per heavy atom. The molecule has 0 heterocycles. The maximum Gasteiger partial charge on any atom is 1.00 e. The van der Waals surface area contributed by atoms with E-state index in [1.165, 1.54) is 0 Å². The number of rotatable bonds is 8. The zero-order valence-corrected chi connectivity index (χ0v) is 17.3. The van der Waals surface area contributed by atoms with E-state index in [1.807, 2.05) is 0 Å². The predicted molar refractivity (Wildman–Crippen MR) is 61.2 cm³/mol. The van der Waals surface area contributed by atoms with E-state index in [1.54, 1.807) is 0 Å². The van der Waals surface area contributed by atoms with E-state index >= 15 is 0 Å². The molecule has 10 nitrogen and oxygen atoms in total. The Balaban J connectivity index is -0.00000144. The van der Waals surface area contributed by atoms with Gasteiger partial charge in [0.05, 0.1) is 6.54 Å². The van der Waals surface area contributed by atoms with Gasteiger partial charge in [0.1, 0.15) is 0 Å². The molecular weight excluding hydrogens is 334 g/mol. The zero-order valence-electron chi connectivity index (χ0n) is 11.5. The van der Waals surface area contributed by atoms with Crippen molar-refractivity contribution in [2.75, 3.05) is 32.2 Å². The fourth-order valence-corrected chi connectivity index (χ4v) is 2.74.